The summed E-state index contributed by atoms with van der Waals surface area (Å²) in [5, 5.41) is 0. The van der Waals surface area contributed by atoms with Crippen LogP contribution in [-0.4, -0.2) is 46.1 Å². The fraction of sp³-hybridized carbons (Fsp3) is 1.00. The molecule has 2 nitrogen and oxygen atoms in total. The minimum Gasteiger partial charge on any atom is -0.294 e. The molecule has 18 unspecified atom stereocenters. The summed E-state index contributed by atoms with van der Waals surface area (Å²) < 4.78 is 0. The molecule has 2 heteroatoms. The van der Waals surface area contributed by atoms with Crippen LogP contribution in [-0.2, 0) is 0 Å². The third kappa shape index (κ3) is 7.31. The van der Waals surface area contributed by atoms with E-state index in [9.17, 15) is 0 Å². The first-order valence-electron chi connectivity index (χ1n) is 28.3. The summed E-state index contributed by atoms with van der Waals surface area (Å²) in [4.78, 5) is 6.97. The zero-order valence-electron chi connectivity index (χ0n) is 37.9. The van der Waals surface area contributed by atoms with Crippen molar-refractivity contribution in [3.8, 4) is 0 Å². The standard InChI is InChI=1S/C56H92N2/c1-3-15-47(16-4-1)57(49-25-19-43-31-39-11-7-9-13-41(39)33-45(43)35-49)53-29-23-37-22-28-52-54(30-24-38-21-27-51(53)55(37)56(38)52)58(48-17-5-2-6-18-48)50-26-20-44-32-40-12-8-10-14-42(40)34-46(44)36-50/h37-56H,1-36H2. The van der Waals surface area contributed by atoms with Crippen molar-refractivity contribution in [2.75, 3.05) is 0 Å². The lowest BCUT2D eigenvalue weighted by atomic mass is 9.46. The molecule has 326 valence electrons. The Morgan fingerprint density at radius 3 is 0.948 bits per heavy atom. The Morgan fingerprint density at radius 1 is 0.207 bits per heavy atom. The highest BCUT2D eigenvalue weighted by Crippen LogP contribution is 2.63. The number of fused-ring (bicyclic) bond motifs is 4. The van der Waals surface area contributed by atoms with Gasteiger partial charge in [0.15, 0.2) is 0 Å². The predicted molar refractivity (Wildman–Crippen MR) is 241 cm³/mol. The van der Waals surface area contributed by atoms with Gasteiger partial charge in [0, 0.05) is 36.3 Å². The molecule has 0 aromatic carbocycles. The first-order chi connectivity index (χ1) is 28.7. The van der Waals surface area contributed by atoms with Crippen LogP contribution in [0.5, 0.6) is 0 Å². The Balaban J connectivity index is 0.808. The zero-order chi connectivity index (χ0) is 38.2. The molecule has 0 aliphatic heterocycles. The topological polar surface area (TPSA) is 6.48 Å². The van der Waals surface area contributed by atoms with Gasteiger partial charge in [0.05, 0.1) is 0 Å². The monoisotopic (exact) mass is 793 g/mol. The van der Waals surface area contributed by atoms with Gasteiger partial charge in [0.2, 0.25) is 0 Å². The van der Waals surface area contributed by atoms with E-state index >= 15 is 0 Å². The molecule has 12 aliphatic carbocycles. The highest BCUT2D eigenvalue weighted by atomic mass is 15.2. The van der Waals surface area contributed by atoms with Gasteiger partial charge in [0.25, 0.3) is 0 Å². The van der Waals surface area contributed by atoms with Crippen molar-refractivity contribution < 1.29 is 0 Å². The van der Waals surface area contributed by atoms with Crippen LogP contribution in [0.3, 0.4) is 0 Å². The summed E-state index contributed by atoms with van der Waals surface area (Å²) in [5.41, 5.74) is 0. The van der Waals surface area contributed by atoms with E-state index in [2.05, 4.69) is 9.80 Å². The van der Waals surface area contributed by atoms with E-state index in [1.807, 2.05) is 0 Å². The van der Waals surface area contributed by atoms with Crippen LogP contribution in [0.2, 0.25) is 0 Å². The van der Waals surface area contributed by atoms with E-state index in [0.29, 0.717) is 0 Å². The van der Waals surface area contributed by atoms with Crippen molar-refractivity contribution in [3.05, 3.63) is 0 Å². The molecular weight excluding hydrogens is 701 g/mol. The van der Waals surface area contributed by atoms with Gasteiger partial charge in [-0.15, -0.1) is 0 Å². The maximum atomic E-state index is 3.49. The van der Waals surface area contributed by atoms with Gasteiger partial charge in [-0.1, -0.05) is 89.9 Å². The molecule has 0 aromatic heterocycles. The summed E-state index contributed by atoms with van der Waals surface area (Å²) in [6.45, 7) is 0. The third-order valence-electron chi connectivity index (χ3n) is 23.3. The van der Waals surface area contributed by atoms with Gasteiger partial charge in [0.1, 0.15) is 0 Å². The molecule has 0 amide bonds. The summed E-state index contributed by atoms with van der Waals surface area (Å²) in [5.74, 6) is 15.2. The molecule has 0 saturated heterocycles. The van der Waals surface area contributed by atoms with E-state index in [1.54, 1.807) is 193 Å². The molecule has 0 radical (unpaired) electrons. The zero-order valence-corrected chi connectivity index (χ0v) is 37.9. The second kappa shape index (κ2) is 17.1. The lowest BCUT2D eigenvalue weighted by Crippen LogP contribution is -2.64. The highest BCUT2D eigenvalue weighted by Gasteiger charge is 2.59. The summed E-state index contributed by atoms with van der Waals surface area (Å²) in [7, 11) is 0. The molecule has 0 bridgehead atoms. The van der Waals surface area contributed by atoms with E-state index < -0.39 is 0 Å². The van der Waals surface area contributed by atoms with Gasteiger partial charge in [-0.3, -0.25) is 9.80 Å². The Kier molecular flexibility index (Phi) is 11.7. The van der Waals surface area contributed by atoms with Crippen LogP contribution in [0.4, 0.5) is 0 Å². The Hall–Kier alpha value is -0.0800. The van der Waals surface area contributed by atoms with Crippen molar-refractivity contribution in [3.63, 3.8) is 0 Å². The van der Waals surface area contributed by atoms with Crippen molar-refractivity contribution in [1.82, 2.24) is 9.80 Å². The molecule has 12 aliphatic rings. The smallest absolute Gasteiger partial charge is 0.0132 e. The normalized spacial score (nSPS) is 51.2. The molecule has 0 aromatic rings. The van der Waals surface area contributed by atoms with Crippen LogP contribution in [0, 0.1) is 82.9 Å². The summed E-state index contributed by atoms with van der Waals surface area (Å²) in [6.07, 6.45) is 56.9. The van der Waals surface area contributed by atoms with Gasteiger partial charge in [-0.05, 0) is 224 Å². The molecular formula is C56H92N2. The largest absolute Gasteiger partial charge is 0.294 e. The van der Waals surface area contributed by atoms with Crippen LogP contribution in [0.15, 0.2) is 0 Å². The van der Waals surface area contributed by atoms with Gasteiger partial charge >= 0.3 is 0 Å². The Morgan fingerprint density at radius 2 is 0.534 bits per heavy atom. The fourth-order valence-electron chi connectivity index (χ4n) is 21.1. The summed E-state index contributed by atoms with van der Waals surface area (Å²) >= 11 is 0. The van der Waals surface area contributed by atoms with Gasteiger partial charge in [-0.25, -0.2) is 0 Å². The maximum Gasteiger partial charge on any atom is 0.0132 e. The van der Waals surface area contributed by atoms with Crippen LogP contribution < -0.4 is 0 Å². The molecule has 0 N–H and O–H groups in total. The first-order valence-corrected chi connectivity index (χ1v) is 28.3. The number of hydrogen-bond donors (Lipinski definition) is 0. The van der Waals surface area contributed by atoms with E-state index in [-0.39, 0.29) is 0 Å². The van der Waals surface area contributed by atoms with Gasteiger partial charge in [-0.2, -0.15) is 0 Å². The third-order valence-corrected chi connectivity index (χ3v) is 23.3. The maximum absolute atomic E-state index is 3.49. The Bertz CT molecular complexity index is 1260. The SMILES string of the molecule is C1CCC(N(C2CCC3CC4CCCCC4CC3C2)C2CCC3CCC4C5C(CCC2C35)CCC4N(C2CCCCC2)C2CCC3CC4CCCCC4CC3C2)CC1. The molecule has 18 atom stereocenters. The van der Waals surface area contributed by atoms with Crippen molar-refractivity contribution in [1.29, 1.82) is 0 Å². The molecule has 12 saturated carbocycles. The second-order valence-corrected chi connectivity index (χ2v) is 25.5. The lowest BCUT2D eigenvalue weighted by molar-refractivity contribution is -0.153. The van der Waals surface area contributed by atoms with Crippen molar-refractivity contribution >= 4 is 0 Å². The Labute approximate surface area is 358 Å². The van der Waals surface area contributed by atoms with Crippen LogP contribution in [0.1, 0.15) is 231 Å². The minimum atomic E-state index is 0.930. The molecule has 12 rings (SSSR count). The van der Waals surface area contributed by atoms with E-state index in [4.69, 9.17) is 0 Å². The minimum absolute atomic E-state index is 0.930. The quantitative estimate of drug-likeness (QED) is 0.264. The van der Waals surface area contributed by atoms with E-state index in [1.165, 1.54) is 38.5 Å². The predicted octanol–water partition coefficient (Wildman–Crippen LogP) is 14.6. The molecule has 0 spiro atoms. The lowest BCUT2D eigenvalue weighted by Gasteiger charge is -2.65. The fourth-order valence-corrected chi connectivity index (χ4v) is 21.1. The average Bonchev–Trinajstić information content (AvgIpc) is 3.28. The van der Waals surface area contributed by atoms with Crippen molar-refractivity contribution in [2.24, 2.45) is 82.9 Å². The first kappa shape index (κ1) is 39.5. The van der Waals surface area contributed by atoms with Crippen LogP contribution >= 0.6 is 0 Å². The number of rotatable bonds is 6. The number of hydrogen-bond acceptors (Lipinski definition) is 2. The van der Waals surface area contributed by atoms with Crippen molar-refractivity contribution in [2.45, 2.75) is 267 Å². The number of nitrogens with zero attached hydrogens (tertiary/aromatic N) is 2. The molecule has 0 heterocycles. The van der Waals surface area contributed by atoms with E-state index in [0.717, 1.165) is 119 Å². The molecule has 58 heavy (non-hydrogen) atoms. The summed E-state index contributed by atoms with van der Waals surface area (Å²) in [6, 6.07) is 5.61. The molecule has 12 fully saturated rings. The van der Waals surface area contributed by atoms with Crippen LogP contribution in [0.25, 0.3) is 0 Å². The second-order valence-electron chi connectivity index (χ2n) is 25.5. The highest BCUT2D eigenvalue weighted by molar-refractivity contribution is 5.10. The van der Waals surface area contributed by atoms with Gasteiger partial charge < -0.3 is 0 Å². The average molecular weight is 793 g/mol.